The molecule has 0 radical (unpaired) electrons. The van der Waals surface area contributed by atoms with Gasteiger partial charge in [0, 0.05) is 19.4 Å². The molecule has 22 heavy (non-hydrogen) atoms. The van der Waals surface area contributed by atoms with Crippen LogP contribution in [0.3, 0.4) is 0 Å². The van der Waals surface area contributed by atoms with Gasteiger partial charge in [-0.05, 0) is 31.9 Å². The number of benzene rings is 1. The van der Waals surface area contributed by atoms with Gasteiger partial charge < -0.3 is 10.0 Å². The lowest BCUT2D eigenvalue weighted by Gasteiger charge is -2.48. The molecule has 2 amide bonds. The summed E-state index contributed by atoms with van der Waals surface area (Å²) < 4.78 is 0. The quantitative estimate of drug-likeness (QED) is 0.920. The average Bonchev–Trinajstić information content (AvgIpc) is 2.79. The Hall–Kier alpha value is -2.37. The van der Waals surface area contributed by atoms with E-state index in [1.165, 1.54) is 0 Å². The molecular weight excluding hydrogens is 284 g/mol. The Bertz CT molecular complexity index is 657. The average molecular weight is 302 g/mol. The van der Waals surface area contributed by atoms with E-state index in [1.807, 2.05) is 13.0 Å². The number of nitrogens with zero attached hydrogens (tertiary/aromatic N) is 2. The molecule has 1 aromatic rings. The van der Waals surface area contributed by atoms with Crippen molar-refractivity contribution in [2.75, 3.05) is 11.4 Å². The number of para-hydroxylation sites is 1. The molecule has 1 unspecified atom stereocenters. The lowest BCUT2D eigenvalue weighted by molar-refractivity contribution is -0.137. The molecule has 116 valence electrons. The zero-order valence-corrected chi connectivity index (χ0v) is 12.4. The number of fused-ring (bicyclic) bond motifs is 3. The van der Waals surface area contributed by atoms with E-state index in [2.05, 4.69) is 0 Å². The van der Waals surface area contributed by atoms with Crippen molar-refractivity contribution in [3.8, 4) is 0 Å². The molecule has 0 aliphatic carbocycles. The van der Waals surface area contributed by atoms with Gasteiger partial charge in [-0.15, -0.1) is 0 Å². The summed E-state index contributed by atoms with van der Waals surface area (Å²) in [6, 6.07) is 7.10. The molecular formula is C16H18N2O4. The molecule has 3 rings (SSSR count). The van der Waals surface area contributed by atoms with Gasteiger partial charge in [0.05, 0.1) is 11.3 Å². The number of carboxylic acids is 1. The summed E-state index contributed by atoms with van der Waals surface area (Å²) >= 11 is 0. The number of carbonyl (C=O) groups excluding carboxylic acids is 2. The van der Waals surface area contributed by atoms with Crippen molar-refractivity contribution in [1.29, 1.82) is 0 Å². The molecule has 1 atom stereocenters. The van der Waals surface area contributed by atoms with E-state index in [0.717, 1.165) is 0 Å². The summed E-state index contributed by atoms with van der Waals surface area (Å²) in [4.78, 5) is 39.2. The van der Waals surface area contributed by atoms with Crippen LogP contribution >= 0.6 is 0 Å². The molecule has 2 aliphatic rings. The number of carbonyl (C=O) groups is 3. The summed E-state index contributed by atoms with van der Waals surface area (Å²) in [5.74, 6) is -1.01. The SMILES string of the molecule is CC12CCC(=O)N1c1ccccc1C(=O)N2CCCC(=O)O. The molecule has 0 bridgehead atoms. The van der Waals surface area contributed by atoms with Gasteiger partial charge in [0.15, 0.2) is 0 Å². The molecule has 0 aromatic heterocycles. The first-order chi connectivity index (χ1) is 10.4. The smallest absolute Gasteiger partial charge is 0.303 e. The van der Waals surface area contributed by atoms with E-state index in [1.54, 1.807) is 28.0 Å². The maximum absolute atomic E-state index is 12.8. The van der Waals surface area contributed by atoms with E-state index in [9.17, 15) is 14.4 Å². The fourth-order valence-electron chi connectivity index (χ4n) is 3.43. The van der Waals surface area contributed by atoms with E-state index in [4.69, 9.17) is 5.11 Å². The Morgan fingerprint density at radius 3 is 2.77 bits per heavy atom. The number of anilines is 1. The molecule has 1 aromatic carbocycles. The Morgan fingerprint density at radius 1 is 1.32 bits per heavy atom. The van der Waals surface area contributed by atoms with Crippen LogP contribution in [0, 0.1) is 0 Å². The Labute approximate surface area is 128 Å². The lowest BCUT2D eigenvalue weighted by atomic mass is 9.98. The minimum Gasteiger partial charge on any atom is -0.481 e. The van der Waals surface area contributed by atoms with Crippen molar-refractivity contribution in [2.45, 2.75) is 38.3 Å². The number of aliphatic carboxylic acids is 1. The zero-order valence-electron chi connectivity index (χ0n) is 12.4. The molecule has 0 spiro atoms. The third-order valence-corrected chi connectivity index (χ3v) is 4.52. The second-order valence-corrected chi connectivity index (χ2v) is 5.92. The van der Waals surface area contributed by atoms with E-state index in [0.29, 0.717) is 37.1 Å². The van der Waals surface area contributed by atoms with Crippen molar-refractivity contribution >= 4 is 23.5 Å². The third kappa shape index (κ3) is 2.06. The van der Waals surface area contributed by atoms with Crippen molar-refractivity contribution in [1.82, 2.24) is 4.90 Å². The largest absolute Gasteiger partial charge is 0.481 e. The molecule has 6 heteroatoms. The number of rotatable bonds is 4. The van der Waals surface area contributed by atoms with Gasteiger partial charge in [-0.3, -0.25) is 19.3 Å². The van der Waals surface area contributed by atoms with Crippen LogP contribution < -0.4 is 4.90 Å². The summed E-state index contributed by atoms with van der Waals surface area (Å²) in [5.41, 5.74) is 0.471. The normalized spacial score (nSPS) is 23.5. The first-order valence-corrected chi connectivity index (χ1v) is 7.41. The van der Waals surface area contributed by atoms with E-state index < -0.39 is 11.6 Å². The van der Waals surface area contributed by atoms with Crippen LogP contribution in [0.4, 0.5) is 5.69 Å². The molecule has 1 fully saturated rings. The first kappa shape index (κ1) is 14.6. The molecule has 6 nitrogen and oxygen atoms in total. The van der Waals surface area contributed by atoms with Gasteiger partial charge in [-0.25, -0.2) is 0 Å². The first-order valence-electron chi connectivity index (χ1n) is 7.41. The predicted octanol–water partition coefficient (Wildman–Crippen LogP) is 1.85. The Morgan fingerprint density at radius 2 is 2.05 bits per heavy atom. The summed E-state index contributed by atoms with van der Waals surface area (Å²) in [7, 11) is 0. The molecule has 1 N–H and O–H groups in total. The highest BCUT2D eigenvalue weighted by molar-refractivity contribution is 6.10. The monoisotopic (exact) mass is 302 g/mol. The lowest BCUT2D eigenvalue weighted by Crippen LogP contribution is -2.62. The Kier molecular flexibility index (Phi) is 3.39. The standard InChI is InChI=1S/C16H18N2O4/c1-16-9-8-13(19)18(16)12-6-3-2-5-11(12)15(22)17(16)10-4-7-14(20)21/h2-3,5-6H,4,7-10H2,1H3,(H,20,21). The topological polar surface area (TPSA) is 77.9 Å². The van der Waals surface area contributed by atoms with E-state index >= 15 is 0 Å². The molecule has 0 saturated carbocycles. The van der Waals surface area contributed by atoms with Gasteiger partial charge in [0.25, 0.3) is 5.91 Å². The number of hydrogen-bond donors (Lipinski definition) is 1. The second kappa shape index (κ2) is 5.12. The maximum atomic E-state index is 12.8. The maximum Gasteiger partial charge on any atom is 0.303 e. The van der Waals surface area contributed by atoms with Crippen molar-refractivity contribution in [3.05, 3.63) is 29.8 Å². The van der Waals surface area contributed by atoms with Crippen LogP contribution in [-0.2, 0) is 9.59 Å². The van der Waals surface area contributed by atoms with Crippen LogP contribution in [0.15, 0.2) is 24.3 Å². The minimum absolute atomic E-state index is 0.00526. The van der Waals surface area contributed by atoms with Crippen LogP contribution in [0.5, 0.6) is 0 Å². The van der Waals surface area contributed by atoms with Gasteiger partial charge >= 0.3 is 5.97 Å². The van der Waals surface area contributed by atoms with Crippen LogP contribution in [0.1, 0.15) is 43.0 Å². The summed E-state index contributed by atoms with van der Waals surface area (Å²) in [6.45, 7) is 2.21. The molecule has 2 heterocycles. The summed E-state index contributed by atoms with van der Waals surface area (Å²) in [6.07, 6.45) is 1.35. The zero-order chi connectivity index (χ0) is 15.9. The number of hydrogen-bond acceptors (Lipinski definition) is 3. The predicted molar refractivity (Wildman–Crippen MR) is 79.5 cm³/mol. The van der Waals surface area contributed by atoms with Crippen molar-refractivity contribution in [3.63, 3.8) is 0 Å². The van der Waals surface area contributed by atoms with Crippen LogP contribution in [0.2, 0.25) is 0 Å². The van der Waals surface area contributed by atoms with Crippen molar-refractivity contribution < 1.29 is 19.5 Å². The number of carboxylic acid groups (broad SMARTS) is 1. The number of amides is 2. The van der Waals surface area contributed by atoms with Gasteiger partial charge in [-0.2, -0.15) is 0 Å². The minimum atomic E-state index is -0.880. The Balaban J connectivity index is 1.99. The van der Waals surface area contributed by atoms with Crippen LogP contribution in [-0.4, -0.2) is 40.0 Å². The van der Waals surface area contributed by atoms with Gasteiger partial charge in [0.1, 0.15) is 5.66 Å². The molecule has 2 aliphatic heterocycles. The van der Waals surface area contributed by atoms with Gasteiger partial charge in [-0.1, -0.05) is 12.1 Å². The third-order valence-electron chi connectivity index (χ3n) is 4.52. The van der Waals surface area contributed by atoms with E-state index in [-0.39, 0.29) is 18.2 Å². The highest BCUT2D eigenvalue weighted by atomic mass is 16.4. The highest BCUT2D eigenvalue weighted by Crippen LogP contribution is 2.43. The fraction of sp³-hybridized carbons (Fsp3) is 0.438. The second-order valence-electron chi connectivity index (χ2n) is 5.92. The van der Waals surface area contributed by atoms with Crippen LogP contribution in [0.25, 0.3) is 0 Å². The van der Waals surface area contributed by atoms with Crippen molar-refractivity contribution in [2.24, 2.45) is 0 Å². The summed E-state index contributed by atoms with van der Waals surface area (Å²) in [5, 5.41) is 8.79. The highest BCUT2D eigenvalue weighted by Gasteiger charge is 2.52. The van der Waals surface area contributed by atoms with Gasteiger partial charge in [0.2, 0.25) is 5.91 Å². The fourth-order valence-corrected chi connectivity index (χ4v) is 3.43. The molecule has 1 saturated heterocycles.